The number of halogens is 1. The molecule has 0 radical (unpaired) electrons. The Labute approximate surface area is 145 Å². The van der Waals surface area contributed by atoms with Gasteiger partial charge in [-0.25, -0.2) is 4.39 Å². The summed E-state index contributed by atoms with van der Waals surface area (Å²) in [4.78, 5) is 23.8. The Morgan fingerprint density at radius 1 is 1.16 bits per heavy atom. The van der Waals surface area contributed by atoms with Crippen LogP contribution in [0.3, 0.4) is 0 Å². The van der Waals surface area contributed by atoms with Crippen LogP contribution in [0.2, 0.25) is 0 Å². The van der Waals surface area contributed by atoms with Gasteiger partial charge in [0.25, 0.3) is 5.91 Å². The van der Waals surface area contributed by atoms with Crippen LogP contribution in [0.25, 0.3) is 0 Å². The summed E-state index contributed by atoms with van der Waals surface area (Å²) in [6.07, 6.45) is -0.973. The molecule has 0 aliphatic carbocycles. The molecule has 0 fully saturated rings. The van der Waals surface area contributed by atoms with Gasteiger partial charge in [0, 0.05) is 5.69 Å². The first-order valence-electron chi connectivity index (χ1n) is 7.90. The Kier molecular flexibility index (Phi) is 6.51. The molecule has 0 aromatic heterocycles. The molecule has 0 saturated carbocycles. The number of hydrogen-bond donors (Lipinski definition) is 1. The Balaban J connectivity index is 1.75. The van der Waals surface area contributed by atoms with Gasteiger partial charge in [0.2, 0.25) is 0 Å². The summed E-state index contributed by atoms with van der Waals surface area (Å²) in [6.45, 7) is 3.24. The van der Waals surface area contributed by atoms with Gasteiger partial charge in [-0.1, -0.05) is 24.3 Å². The number of para-hydroxylation sites is 1. The second-order valence-corrected chi connectivity index (χ2v) is 5.50. The minimum absolute atomic E-state index is 0.0195. The van der Waals surface area contributed by atoms with Gasteiger partial charge in [-0.05, 0) is 43.7 Å². The SMILES string of the molecule is Cc1ccc(NC(=O)[C@H](C)OC(=O)CCOc2ccccc2)cc1F. The number of rotatable bonds is 7. The highest BCUT2D eigenvalue weighted by Gasteiger charge is 2.18. The summed E-state index contributed by atoms with van der Waals surface area (Å²) in [6, 6.07) is 13.4. The maximum Gasteiger partial charge on any atom is 0.310 e. The maximum absolute atomic E-state index is 13.5. The molecule has 0 spiro atoms. The molecule has 2 rings (SSSR count). The summed E-state index contributed by atoms with van der Waals surface area (Å²) in [7, 11) is 0. The normalized spacial score (nSPS) is 11.5. The van der Waals surface area contributed by atoms with Crippen LogP contribution in [-0.4, -0.2) is 24.6 Å². The fraction of sp³-hybridized carbons (Fsp3) is 0.263. The fourth-order valence-corrected chi connectivity index (χ4v) is 1.99. The third kappa shape index (κ3) is 5.91. The molecule has 0 unspecified atom stereocenters. The number of esters is 1. The quantitative estimate of drug-likeness (QED) is 0.781. The Morgan fingerprint density at radius 2 is 1.88 bits per heavy atom. The third-order valence-electron chi connectivity index (χ3n) is 3.43. The van der Waals surface area contributed by atoms with Crippen molar-refractivity contribution in [3.63, 3.8) is 0 Å². The van der Waals surface area contributed by atoms with E-state index in [9.17, 15) is 14.0 Å². The van der Waals surface area contributed by atoms with Crippen LogP contribution in [0.5, 0.6) is 5.75 Å². The standard InChI is InChI=1S/C19H20FNO4/c1-13-8-9-15(12-17(13)20)21-19(23)14(2)25-18(22)10-11-24-16-6-4-3-5-7-16/h3-9,12,14H,10-11H2,1-2H3,(H,21,23)/t14-/m0/s1. The van der Waals surface area contributed by atoms with Gasteiger partial charge in [0.15, 0.2) is 6.10 Å². The van der Waals surface area contributed by atoms with Crippen LogP contribution in [0.15, 0.2) is 48.5 Å². The van der Waals surface area contributed by atoms with E-state index in [1.54, 1.807) is 31.2 Å². The molecule has 6 heteroatoms. The van der Waals surface area contributed by atoms with Crippen LogP contribution in [0, 0.1) is 12.7 Å². The van der Waals surface area contributed by atoms with Crippen molar-refractivity contribution >= 4 is 17.6 Å². The number of hydrogen-bond acceptors (Lipinski definition) is 4. The average Bonchev–Trinajstić information content (AvgIpc) is 2.59. The molecule has 25 heavy (non-hydrogen) atoms. The van der Waals surface area contributed by atoms with Crippen LogP contribution in [-0.2, 0) is 14.3 Å². The predicted molar refractivity (Wildman–Crippen MR) is 91.9 cm³/mol. The molecule has 1 atom stereocenters. The van der Waals surface area contributed by atoms with Crippen LogP contribution in [0.4, 0.5) is 10.1 Å². The van der Waals surface area contributed by atoms with Gasteiger partial charge >= 0.3 is 5.97 Å². The van der Waals surface area contributed by atoms with Gasteiger partial charge in [0.05, 0.1) is 13.0 Å². The molecule has 2 aromatic rings. The average molecular weight is 345 g/mol. The highest BCUT2D eigenvalue weighted by atomic mass is 19.1. The number of anilines is 1. The number of ether oxygens (including phenoxy) is 2. The molecule has 0 heterocycles. The molecule has 0 aliphatic heterocycles. The van der Waals surface area contributed by atoms with Gasteiger partial charge in [-0.2, -0.15) is 0 Å². The van der Waals surface area contributed by atoms with Crippen molar-refractivity contribution < 1.29 is 23.5 Å². The molecule has 1 N–H and O–H groups in total. The van der Waals surface area contributed by atoms with Gasteiger partial charge in [-0.15, -0.1) is 0 Å². The summed E-state index contributed by atoms with van der Waals surface area (Å²) in [5.74, 6) is -0.836. The summed E-state index contributed by atoms with van der Waals surface area (Å²) in [5.41, 5.74) is 0.791. The van der Waals surface area contributed by atoms with Crippen molar-refractivity contribution in [1.82, 2.24) is 0 Å². The number of nitrogens with one attached hydrogen (secondary N) is 1. The first kappa shape index (κ1) is 18.4. The van der Waals surface area contributed by atoms with Crippen molar-refractivity contribution in [2.75, 3.05) is 11.9 Å². The van der Waals surface area contributed by atoms with Gasteiger partial charge < -0.3 is 14.8 Å². The molecule has 2 aromatic carbocycles. The predicted octanol–water partition coefficient (Wildman–Crippen LogP) is 3.47. The highest BCUT2D eigenvalue weighted by Crippen LogP contribution is 2.14. The Morgan fingerprint density at radius 3 is 2.56 bits per heavy atom. The van der Waals surface area contributed by atoms with Gasteiger partial charge in [-0.3, -0.25) is 9.59 Å². The van der Waals surface area contributed by atoms with Crippen molar-refractivity contribution in [3.8, 4) is 5.75 Å². The molecule has 0 saturated heterocycles. The number of amides is 1. The second-order valence-electron chi connectivity index (χ2n) is 5.50. The lowest BCUT2D eigenvalue weighted by Gasteiger charge is -2.14. The molecule has 5 nitrogen and oxygen atoms in total. The molecule has 1 amide bonds. The topological polar surface area (TPSA) is 64.6 Å². The van der Waals surface area contributed by atoms with E-state index in [0.717, 1.165) is 0 Å². The lowest BCUT2D eigenvalue weighted by Crippen LogP contribution is -2.30. The molecule has 132 valence electrons. The van der Waals surface area contributed by atoms with Crippen LogP contribution in [0.1, 0.15) is 18.9 Å². The molecular weight excluding hydrogens is 325 g/mol. The third-order valence-corrected chi connectivity index (χ3v) is 3.43. The van der Waals surface area contributed by atoms with Crippen molar-refractivity contribution in [3.05, 3.63) is 59.9 Å². The molecule has 0 bridgehead atoms. The zero-order chi connectivity index (χ0) is 18.2. The number of aryl methyl sites for hydroxylation is 1. The first-order chi connectivity index (χ1) is 12.0. The minimum atomic E-state index is -0.992. The number of carbonyl (C=O) groups is 2. The summed E-state index contributed by atoms with van der Waals surface area (Å²) < 4.78 is 23.9. The molecular formula is C19H20FNO4. The molecule has 0 aliphatic rings. The zero-order valence-electron chi connectivity index (χ0n) is 14.1. The Bertz CT molecular complexity index is 733. The lowest BCUT2D eigenvalue weighted by atomic mass is 10.2. The summed E-state index contributed by atoms with van der Waals surface area (Å²) >= 11 is 0. The van der Waals surface area contributed by atoms with E-state index in [-0.39, 0.29) is 13.0 Å². The Hall–Kier alpha value is -2.89. The fourth-order valence-electron chi connectivity index (χ4n) is 1.99. The smallest absolute Gasteiger partial charge is 0.310 e. The van der Waals surface area contributed by atoms with E-state index in [1.807, 2.05) is 18.2 Å². The number of carbonyl (C=O) groups excluding carboxylic acids is 2. The minimum Gasteiger partial charge on any atom is -0.493 e. The summed E-state index contributed by atoms with van der Waals surface area (Å²) in [5, 5.41) is 2.51. The van der Waals surface area contributed by atoms with E-state index in [4.69, 9.17) is 9.47 Å². The van der Waals surface area contributed by atoms with E-state index in [1.165, 1.54) is 13.0 Å². The van der Waals surface area contributed by atoms with E-state index < -0.39 is 23.8 Å². The van der Waals surface area contributed by atoms with E-state index >= 15 is 0 Å². The van der Waals surface area contributed by atoms with E-state index in [2.05, 4.69) is 5.32 Å². The lowest BCUT2D eigenvalue weighted by molar-refractivity contribution is -0.153. The first-order valence-corrected chi connectivity index (χ1v) is 7.90. The maximum atomic E-state index is 13.5. The highest BCUT2D eigenvalue weighted by molar-refractivity contribution is 5.95. The largest absolute Gasteiger partial charge is 0.493 e. The number of benzene rings is 2. The van der Waals surface area contributed by atoms with Crippen molar-refractivity contribution in [2.45, 2.75) is 26.4 Å². The van der Waals surface area contributed by atoms with Crippen molar-refractivity contribution in [1.29, 1.82) is 0 Å². The zero-order valence-corrected chi connectivity index (χ0v) is 14.1. The monoisotopic (exact) mass is 345 g/mol. The van der Waals surface area contributed by atoms with Crippen LogP contribution >= 0.6 is 0 Å². The van der Waals surface area contributed by atoms with E-state index in [0.29, 0.717) is 17.0 Å². The van der Waals surface area contributed by atoms with Gasteiger partial charge in [0.1, 0.15) is 11.6 Å². The van der Waals surface area contributed by atoms with Crippen LogP contribution < -0.4 is 10.1 Å². The van der Waals surface area contributed by atoms with Crippen molar-refractivity contribution in [2.24, 2.45) is 0 Å². The second kappa shape index (κ2) is 8.82.